The highest BCUT2D eigenvalue weighted by Crippen LogP contribution is 2.31. The molecule has 0 saturated heterocycles. The van der Waals surface area contributed by atoms with E-state index in [0.717, 1.165) is 38.5 Å². The molecule has 2 heterocycles. The van der Waals surface area contributed by atoms with Crippen LogP contribution in [-0.2, 0) is 0 Å². The van der Waals surface area contributed by atoms with E-state index in [-0.39, 0.29) is 5.78 Å². The number of pyridine rings is 2. The van der Waals surface area contributed by atoms with Gasteiger partial charge in [-0.2, -0.15) is 0 Å². The third-order valence-electron chi connectivity index (χ3n) is 4.09. The Morgan fingerprint density at radius 3 is 2.39 bits per heavy atom. The maximum atomic E-state index is 11.4. The standard InChI is InChI=1S/C20H14N2O/c1-13(23)14-4-6-15(7-5-14)17-10-12-22-20-18(17)9-8-16-3-2-11-21-19(16)20/h2-12H,1H3. The summed E-state index contributed by atoms with van der Waals surface area (Å²) in [5.74, 6) is 0.0753. The Hall–Kier alpha value is -3.07. The zero-order valence-electron chi connectivity index (χ0n) is 12.7. The average molecular weight is 298 g/mol. The SMILES string of the molecule is CC(=O)c1ccc(-c2ccnc3c2ccc2cccnc23)cc1. The van der Waals surface area contributed by atoms with Gasteiger partial charge in [0.05, 0.1) is 11.0 Å². The lowest BCUT2D eigenvalue weighted by Gasteiger charge is -2.08. The molecule has 0 spiro atoms. The van der Waals surface area contributed by atoms with Crippen molar-refractivity contribution in [3.05, 3.63) is 72.6 Å². The maximum absolute atomic E-state index is 11.4. The second kappa shape index (κ2) is 5.29. The lowest BCUT2D eigenvalue weighted by molar-refractivity contribution is 0.101. The summed E-state index contributed by atoms with van der Waals surface area (Å²) in [5.41, 5.74) is 4.69. The number of hydrogen-bond donors (Lipinski definition) is 0. The Kier molecular flexibility index (Phi) is 3.12. The normalized spacial score (nSPS) is 11.0. The van der Waals surface area contributed by atoms with E-state index in [4.69, 9.17) is 0 Å². The number of hydrogen-bond acceptors (Lipinski definition) is 3. The molecule has 0 amide bonds. The van der Waals surface area contributed by atoms with Crippen molar-refractivity contribution in [2.75, 3.05) is 0 Å². The average Bonchev–Trinajstić information content (AvgIpc) is 2.61. The molecule has 0 bridgehead atoms. The number of carbonyl (C=O) groups excluding carboxylic acids is 1. The first-order chi connectivity index (χ1) is 11.2. The van der Waals surface area contributed by atoms with Gasteiger partial charge in [-0.15, -0.1) is 0 Å². The molecule has 0 aliphatic heterocycles. The monoisotopic (exact) mass is 298 g/mol. The summed E-state index contributed by atoms with van der Waals surface area (Å²) < 4.78 is 0. The molecule has 4 aromatic rings. The van der Waals surface area contributed by atoms with E-state index < -0.39 is 0 Å². The second-order valence-electron chi connectivity index (χ2n) is 5.53. The van der Waals surface area contributed by atoms with Crippen LogP contribution in [0.1, 0.15) is 17.3 Å². The van der Waals surface area contributed by atoms with Crippen molar-refractivity contribution in [1.82, 2.24) is 9.97 Å². The molecule has 2 aromatic heterocycles. The van der Waals surface area contributed by atoms with Gasteiger partial charge in [-0.1, -0.05) is 42.5 Å². The van der Waals surface area contributed by atoms with E-state index in [2.05, 4.69) is 22.1 Å². The topological polar surface area (TPSA) is 42.9 Å². The minimum Gasteiger partial charge on any atom is -0.295 e. The van der Waals surface area contributed by atoms with Crippen molar-refractivity contribution in [2.45, 2.75) is 6.92 Å². The summed E-state index contributed by atoms with van der Waals surface area (Å²) in [6.45, 7) is 1.58. The first-order valence-electron chi connectivity index (χ1n) is 7.48. The first-order valence-corrected chi connectivity index (χ1v) is 7.48. The number of fused-ring (bicyclic) bond motifs is 3. The lowest BCUT2D eigenvalue weighted by Crippen LogP contribution is -1.92. The third kappa shape index (κ3) is 2.27. The van der Waals surface area contributed by atoms with E-state index in [9.17, 15) is 4.79 Å². The Morgan fingerprint density at radius 2 is 1.61 bits per heavy atom. The molecule has 2 aromatic carbocycles. The molecule has 23 heavy (non-hydrogen) atoms. The summed E-state index contributed by atoms with van der Waals surface area (Å²) >= 11 is 0. The number of carbonyl (C=O) groups is 1. The van der Waals surface area contributed by atoms with E-state index in [1.807, 2.05) is 48.7 Å². The van der Waals surface area contributed by atoms with Crippen molar-refractivity contribution >= 4 is 27.6 Å². The molecule has 3 nitrogen and oxygen atoms in total. The predicted octanol–water partition coefficient (Wildman–Crippen LogP) is 4.65. The van der Waals surface area contributed by atoms with Crippen LogP contribution in [0.4, 0.5) is 0 Å². The predicted molar refractivity (Wildman–Crippen MR) is 92.5 cm³/mol. The van der Waals surface area contributed by atoms with Crippen LogP contribution in [0.25, 0.3) is 32.9 Å². The number of rotatable bonds is 2. The van der Waals surface area contributed by atoms with Gasteiger partial charge in [-0.3, -0.25) is 14.8 Å². The van der Waals surface area contributed by atoms with Gasteiger partial charge in [-0.05, 0) is 30.2 Å². The summed E-state index contributed by atoms with van der Waals surface area (Å²) in [4.78, 5) is 20.4. The van der Waals surface area contributed by atoms with Crippen LogP contribution >= 0.6 is 0 Å². The van der Waals surface area contributed by atoms with Gasteiger partial charge in [0.2, 0.25) is 0 Å². The van der Waals surface area contributed by atoms with Gasteiger partial charge in [0.1, 0.15) is 0 Å². The van der Waals surface area contributed by atoms with Crippen LogP contribution in [0.5, 0.6) is 0 Å². The number of Topliss-reactive ketones (excluding diaryl/α,β-unsaturated/α-hetero) is 1. The Morgan fingerprint density at radius 1 is 0.826 bits per heavy atom. The fraction of sp³-hybridized carbons (Fsp3) is 0.0500. The minimum atomic E-state index is 0.0753. The molecule has 4 rings (SSSR count). The van der Waals surface area contributed by atoms with Gasteiger partial charge in [-0.25, -0.2) is 0 Å². The highest BCUT2D eigenvalue weighted by molar-refractivity contribution is 6.08. The Bertz CT molecular complexity index is 1040. The highest BCUT2D eigenvalue weighted by Gasteiger charge is 2.09. The number of nitrogens with zero attached hydrogens (tertiary/aromatic N) is 2. The summed E-state index contributed by atoms with van der Waals surface area (Å²) in [7, 11) is 0. The van der Waals surface area contributed by atoms with Gasteiger partial charge < -0.3 is 0 Å². The van der Waals surface area contributed by atoms with Crippen molar-refractivity contribution in [1.29, 1.82) is 0 Å². The van der Waals surface area contributed by atoms with Crippen LogP contribution in [0.15, 0.2) is 67.0 Å². The van der Waals surface area contributed by atoms with E-state index in [1.165, 1.54) is 0 Å². The number of benzene rings is 2. The van der Waals surface area contributed by atoms with Crippen molar-refractivity contribution < 1.29 is 4.79 Å². The van der Waals surface area contributed by atoms with Crippen LogP contribution in [0, 0.1) is 0 Å². The zero-order valence-corrected chi connectivity index (χ0v) is 12.7. The van der Waals surface area contributed by atoms with Crippen molar-refractivity contribution in [3.63, 3.8) is 0 Å². The summed E-state index contributed by atoms with van der Waals surface area (Å²) in [6, 6.07) is 17.8. The highest BCUT2D eigenvalue weighted by atomic mass is 16.1. The molecule has 0 aliphatic rings. The molecule has 0 aliphatic carbocycles. The molecular weight excluding hydrogens is 284 g/mol. The zero-order chi connectivity index (χ0) is 15.8. The van der Waals surface area contributed by atoms with Gasteiger partial charge in [0.25, 0.3) is 0 Å². The molecule has 0 atom stereocenters. The van der Waals surface area contributed by atoms with Crippen molar-refractivity contribution in [3.8, 4) is 11.1 Å². The molecule has 110 valence electrons. The van der Waals surface area contributed by atoms with E-state index >= 15 is 0 Å². The molecular formula is C20H14N2O. The molecule has 0 saturated carbocycles. The number of ketones is 1. The van der Waals surface area contributed by atoms with Gasteiger partial charge in [0, 0.05) is 28.7 Å². The van der Waals surface area contributed by atoms with E-state index in [0.29, 0.717) is 0 Å². The summed E-state index contributed by atoms with van der Waals surface area (Å²) in [6.07, 6.45) is 3.60. The fourth-order valence-electron chi connectivity index (χ4n) is 2.89. The van der Waals surface area contributed by atoms with Crippen LogP contribution in [-0.4, -0.2) is 15.8 Å². The molecule has 0 unspecified atom stereocenters. The smallest absolute Gasteiger partial charge is 0.159 e. The minimum absolute atomic E-state index is 0.0753. The molecule has 0 N–H and O–H groups in total. The quantitative estimate of drug-likeness (QED) is 0.399. The third-order valence-corrected chi connectivity index (χ3v) is 4.09. The van der Waals surface area contributed by atoms with Crippen LogP contribution in [0.3, 0.4) is 0 Å². The van der Waals surface area contributed by atoms with Crippen molar-refractivity contribution in [2.24, 2.45) is 0 Å². The maximum Gasteiger partial charge on any atom is 0.159 e. The molecule has 3 heteroatoms. The first kappa shape index (κ1) is 13.6. The molecule has 0 radical (unpaired) electrons. The Labute approximate surface area is 133 Å². The van der Waals surface area contributed by atoms with Crippen LogP contribution < -0.4 is 0 Å². The summed E-state index contributed by atoms with van der Waals surface area (Å²) in [5, 5.41) is 2.14. The lowest BCUT2D eigenvalue weighted by atomic mass is 9.98. The Balaban J connectivity index is 1.97. The fourth-order valence-corrected chi connectivity index (χ4v) is 2.89. The second-order valence-corrected chi connectivity index (χ2v) is 5.53. The van der Waals surface area contributed by atoms with E-state index in [1.54, 1.807) is 13.1 Å². The van der Waals surface area contributed by atoms with Gasteiger partial charge >= 0.3 is 0 Å². The van der Waals surface area contributed by atoms with Crippen LogP contribution in [0.2, 0.25) is 0 Å². The number of aromatic nitrogens is 2. The van der Waals surface area contributed by atoms with Gasteiger partial charge in [0.15, 0.2) is 5.78 Å². The molecule has 0 fully saturated rings. The largest absolute Gasteiger partial charge is 0.295 e.